The Balaban J connectivity index is 1.40. The first-order chi connectivity index (χ1) is 19.0. The molecular weight excluding hydrogens is 520 g/mol. The second-order valence-electron chi connectivity index (χ2n) is 11.2. The highest BCUT2D eigenvalue weighted by molar-refractivity contribution is 5.90. The number of para-hydroxylation sites is 1. The van der Waals surface area contributed by atoms with E-state index in [9.17, 15) is 18.7 Å². The lowest BCUT2D eigenvalue weighted by Gasteiger charge is -2.40. The Morgan fingerprint density at radius 3 is 2.67 bits per heavy atom. The summed E-state index contributed by atoms with van der Waals surface area (Å²) in [5.41, 5.74) is 1.57. The van der Waals surface area contributed by atoms with Gasteiger partial charge in [-0.25, -0.2) is 18.3 Å². The van der Waals surface area contributed by atoms with Gasteiger partial charge in [-0.05, 0) is 61.2 Å². The largest absolute Gasteiger partial charge is 0.474 e. The zero-order chi connectivity index (χ0) is 28.6. The number of nitrogens with one attached hydrogen (secondary N) is 2. The van der Waals surface area contributed by atoms with Gasteiger partial charge in [0, 0.05) is 13.1 Å². The Kier molecular flexibility index (Phi) is 7.80. The van der Waals surface area contributed by atoms with E-state index in [0.717, 1.165) is 25.2 Å². The van der Waals surface area contributed by atoms with E-state index >= 15 is 0 Å². The van der Waals surface area contributed by atoms with Crippen LogP contribution < -0.4 is 15.4 Å². The molecule has 11 heteroatoms. The highest BCUT2D eigenvalue weighted by atomic mass is 19.2. The number of fused-ring (bicyclic) bond motifs is 1. The molecule has 0 saturated carbocycles. The van der Waals surface area contributed by atoms with Crippen molar-refractivity contribution in [2.24, 2.45) is 0 Å². The van der Waals surface area contributed by atoms with Gasteiger partial charge in [0.2, 0.25) is 5.88 Å². The van der Waals surface area contributed by atoms with Gasteiger partial charge in [0.25, 0.3) is 0 Å². The topological polar surface area (TPSA) is 101 Å². The number of rotatable bonds is 6. The molecule has 3 atom stereocenters. The maximum absolute atomic E-state index is 14.2. The molecule has 0 spiro atoms. The predicted molar refractivity (Wildman–Crippen MR) is 146 cm³/mol. The molecule has 214 valence electrons. The number of amides is 2. The number of nitrogens with zero attached hydrogens (tertiary/aromatic N) is 3. The van der Waals surface area contributed by atoms with Gasteiger partial charge in [0.15, 0.2) is 11.6 Å². The van der Waals surface area contributed by atoms with Crippen molar-refractivity contribution >= 4 is 11.8 Å². The maximum Gasteiger partial charge on any atom is 0.320 e. The van der Waals surface area contributed by atoms with E-state index in [1.165, 1.54) is 0 Å². The Morgan fingerprint density at radius 2 is 1.95 bits per heavy atom. The van der Waals surface area contributed by atoms with Gasteiger partial charge in [-0.2, -0.15) is 0 Å². The Hall–Kier alpha value is -3.54. The van der Waals surface area contributed by atoms with Crippen LogP contribution in [0.1, 0.15) is 43.0 Å². The van der Waals surface area contributed by atoms with Crippen LogP contribution in [0.25, 0.3) is 5.69 Å². The minimum atomic E-state index is -1.04. The molecule has 2 aromatic carbocycles. The fourth-order valence-electron chi connectivity index (χ4n) is 5.48. The number of morpholine rings is 1. The third kappa shape index (κ3) is 5.67. The molecule has 3 aromatic rings. The SMILES string of the molecule is Cc1c(OC[C@H]2CN(C)CCO2)nn(-c2ccccc2)c1NC(=O)NC1c2cc(F)c(F)cc2C(C)(C)CC1O. The van der Waals surface area contributed by atoms with Crippen molar-refractivity contribution in [1.82, 2.24) is 20.0 Å². The number of aliphatic hydroxyl groups is 1. The summed E-state index contributed by atoms with van der Waals surface area (Å²) < 4.78 is 41.8. The molecule has 9 nitrogen and oxygen atoms in total. The van der Waals surface area contributed by atoms with Gasteiger partial charge in [-0.1, -0.05) is 32.0 Å². The first-order valence-electron chi connectivity index (χ1n) is 13.4. The van der Waals surface area contributed by atoms with Crippen molar-refractivity contribution in [3.63, 3.8) is 0 Å². The molecule has 1 fully saturated rings. The summed E-state index contributed by atoms with van der Waals surface area (Å²) in [7, 11) is 2.03. The molecule has 2 amide bonds. The second kappa shape index (κ2) is 11.1. The highest BCUT2D eigenvalue weighted by Gasteiger charge is 2.40. The summed E-state index contributed by atoms with van der Waals surface area (Å²) in [5, 5.41) is 21.1. The third-order valence-corrected chi connectivity index (χ3v) is 7.61. The normalized spacial score (nSPS) is 22.4. The third-order valence-electron chi connectivity index (χ3n) is 7.61. The van der Waals surface area contributed by atoms with Crippen LogP contribution in [0, 0.1) is 18.6 Å². The minimum Gasteiger partial charge on any atom is -0.474 e. The van der Waals surface area contributed by atoms with Crippen LogP contribution in [0.15, 0.2) is 42.5 Å². The minimum absolute atomic E-state index is 0.109. The van der Waals surface area contributed by atoms with Gasteiger partial charge in [0.1, 0.15) is 18.5 Å². The van der Waals surface area contributed by atoms with Crippen molar-refractivity contribution in [3.05, 3.63) is 70.8 Å². The Morgan fingerprint density at radius 1 is 1.23 bits per heavy atom. The summed E-state index contributed by atoms with van der Waals surface area (Å²) in [5.74, 6) is -1.29. The number of aliphatic hydroxyl groups excluding tert-OH is 1. The van der Waals surface area contributed by atoms with Gasteiger partial charge in [-0.15, -0.1) is 5.10 Å². The van der Waals surface area contributed by atoms with Crippen molar-refractivity contribution in [1.29, 1.82) is 0 Å². The van der Waals surface area contributed by atoms with E-state index in [4.69, 9.17) is 9.47 Å². The first-order valence-corrected chi connectivity index (χ1v) is 13.4. The maximum atomic E-state index is 14.2. The van der Waals surface area contributed by atoms with Gasteiger partial charge >= 0.3 is 6.03 Å². The summed E-state index contributed by atoms with van der Waals surface area (Å²) in [4.78, 5) is 15.5. The number of benzene rings is 2. The molecule has 1 aromatic heterocycles. The quantitative estimate of drug-likeness (QED) is 0.424. The van der Waals surface area contributed by atoms with Crippen molar-refractivity contribution in [2.75, 3.05) is 38.7 Å². The molecule has 5 rings (SSSR count). The fourth-order valence-corrected chi connectivity index (χ4v) is 5.48. The van der Waals surface area contributed by atoms with Crippen LogP contribution in [-0.2, 0) is 10.2 Å². The second-order valence-corrected chi connectivity index (χ2v) is 11.2. The lowest BCUT2D eigenvalue weighted by atomic mass is 9.69. The number of carbonyl (C=O) groups excluding carboxylic acids is 1. The van der Waals surface area contributed by atoms with Crippen molar-refractivity contribution in [3.8, 4) is 11.6 Å². The summed E-state index contributed by atoms with van der Waals surface area (Å²) in [6, 6.07) is 9.90. The average Bonchev–Trinajstić information content (AvgIpc) is 3.21. The lowest BCUT2D eigenvalue weighted by Crippen LogP contribution is -2.45. The van der Waals surface area contributed by atoms with E-state index in [-0.39, 0.29) is 12.5 Å². The first kappa shape index (κ1) is 28.0. The Labute approximate surface area is 232 Å². The summed E-state index contributed by atoms with van der Waals surface area (Å²) in [6.07, 6.45) is -0.860. The van der Waals surface area contributed by atoms with Gasteiger partial charge in [-0.3, -0.25) is 5.32 Å². The molecule has 1 aliphatic carbocycles. The molecule has 1 saturated heterocycles. The molecular formula is C29H35F2N5O4. The van der Waals surface area contributed by atoms with E-state index in [1.54, 1.807) is 11.6 Å². The Bertz CT molecular complexity index is 1380. The molecule has 2 heterocycles. The highest BCUT2D eigenvalue weighted by Crippen LogP contribution is 2.42. The van der Waals surface area contributed by atoms with E-state index in [2.05, 4.69) is 20.6 Å². The number of hydrogen-bond donors (Lipinski definition) is 3. The van der Waals surface area contributed by atoms with Crippen LogP contribution >= 0.6 is 0 Å². The van der Waals surface area contributed by atoms with Crippen molar-refractivity contribution < 1.29 is 28.2 Å². The molecule has 2 unspecified atom stereocenters. The predicted octanol–water partition coefficient (Wildman–Crippen LogP) is 4.07. The van der Waals surface area contributed by atoms with E-state index in [0.29, 0.717) is 47.3 Å². The number of aromatic nitrogens is 2. The van der Waals surface area contributed by atoms with Gasteiger partial charge < -0.3 is 24.8 Å². The number of anilines is 1. The number of halogens is 2. The molecule has 0 radical (unpaired) electrons. The zero-order valence-electron chi connectivity index (χ0n) is 23.1. The monoisotopic (exact) mass is 555 g/mol. The molecule has 3 N–H and O–H groups in total. The van der Waals surface area contributed by atoms with E-state index in [1.807, 2.05) is 51.2 Å². The number of urea groups is 1. The lowest BCUT2D eigenvalue weighted by molar-refractivity contribution is -0.0411. The molecule has 1 aliphatic heterocycles. The average molecular weight is 556 g/mol. The van der Waals surface area contributed by atoms with Crippen LogP contribution in [0.4, 0.5) is 19.4 Å². The van der Waals surface area contributed by atoms with Crippen LogP contribution in [0.3, 0.4) is 0 Å². The summed E-state index contributed by atoms with van der Waals surface area (Å²) >= 11 is 0. The number of carbonyl (C=O) groups is 1. The van der Waals surface area contributed by atoms with Crippen LogP contribution in [0.5, 0.6) is 5.88 Å². The zero-order valence-corrected chi connectivity index (χ0v) is 23.1. The fraction of sp³-hybridized carbons (Fsp3) is 0.448. The van der Waals surface area contributed by atoms with Crippen molar-refractivity contribution in [2.45, 2.75) is 50.9 Å². The van der Waals surface area contributed by atoms with Crippen LogP contribution in [-0.4, -0.2) is 71.4 Å². The summed E-state index contributed by atoms with van der Waals surface area (Å²) in [6.45, 7) is 8.00. The number of ether oxygens (including phenoxy) is 2. The molecule has 0 bridgehead atoms. The standard InChI is InChI=1S/C29H35F2N5O4/c1-17-26(33-28(38)32-25-20-12-22(30)23(31)13-21(20)29(2,3)14-24(25)37)36(18-8-6-5-7-9-18)34-27(17)40-16-19-15-35(4)10-11-39-19/h5-9,12-13,19,24-25,37H,10-11,14-16H2,1-4H3,(H2,32,33,38)/t19-,24?,25?/m1/s1. The van der Waals surface area contributed by atoms with Gasteiger partial charge in [0.05, 0.1) is 30.0 Å². The molecule has 2 aliphatic rings. The number of hydrogen-bond acceptors (Lipinski definition) is 6. The molecule has 40 heavy (non-hydrogen) atoms. The number of likely N-dealkylation sites (N-methyl/N-ethyl adjacent to an activating group) is 1. The smallest absolute Gasteiger partial charge is 0.320 e. The van der Waals surface area contributed by atoms with E-state index < -0.39 is 35.2 Å². The van der Waals surface area contributed by atoms with Crippen LogP contribution in [0.2, 0.25) is 0 Å².